The Balaban J connectivity index is 0.00000364. The number of carboxylic acid groups (broad SMARTS) is 1. The molecule has 0 spiro atoms. The number of aliphatic hydroxyl groups is 1. The van der Waals surface area contributed by atoms with Crippen LogP contribution in [0.4, 0.5) is 0 Å². The van der Waals surface area contributed by atoms with Crippen molar-refractivity contribution in [1.82, 2.24) is 4.90 Å². The van der Waals surface area contributed by atoms with Crippen molar-refractivity contribution in [2.24, 2.45) is 5.73 Å². The molecule has 3 atom stereocenters. The second-order valence-corrected chi connectivity index (χ2v) is 7.23. The van der Waals surface area contributed by atoms with Crippen LogP contribution in [0.25, 0.3) is 0 Å². The van der Waals surface area contributed by atoms with Crippen LogP contribution in [0.5, 0.6) is 5.75 Å². The Morgan fingerprint density at radius 3 is 2.64 bits per heavy atom. The second kappa shape index (κ2) is 11.9. The van der Waals surface area contributed by atoms with Crippen LogP contribution in [0.2, 0.25) is 5.82 Å². The summed E-state index contributed by atoms with van der Waals surface area (Å²) in [5.41, 5.74) is 6.98. The van der Waals surface area contributed by atoms with Gasteiger partial charge in [0.25, 0.3) is 0 Å². The van der Waals surface area contributed by atoms with Gasteiger partial charge in [0, 0.05) is 19.2 Å². The summed E-state index contributed by atoms with van der Waals surface area (Å²) in [6, 6.07) is 5.60. The highest BCUT2D eigenvalue weighted by Crippen LogP contribution is 2.33. The molecule has 0 amide bonds. The van der Waals surface area contributed by atoms with E-state index in [-0.39, 0.29) is 49.6 Å². The summed E-state index contributed by atoms with van der Waals surface area (Å²) in [5, 5.41) is 28.3. The number of hydrogen-bond acceptors (Lipinski definition) is 5. The van der Waals surface area contributed by atoms with Crippen LogP contribution in [0.1, 0.15) is 43.7 Å². The van der Waals surface area contributed by atoms with Gasteiger partial charge in [0.2, 0.25) is 0 Å². The summed E-state index contributed by atoms with van der Waals surface area (Å²) in [5.74, 6) is -1.53. The summed E-state index contributed by atoms with van der Waals surface area (Å²) < 4.78 is 0. The lowest BCUT2D eigenvalue weighted by Gasteiger charge is -2.39. The van der Waals surface area contributed by atoms with Crippen molar-refractivity contribution in [1.29, 1.82) is 0 Å². The monoisotopic (exact) mass is 432 g/mol. The molecule has 5 N–H and O–H groups in total. The van der Waals surface area contributed by atoms with E-state index < -0.39 is 17.3 Å². The fraction of sp³-hybridized carbons (Fsp3) is 0.632. The van der Waals surface area contributed by atoms with Crippen molar-refractivity contribution in [3.63, 3.8) is 0 Å². The molecular formula is C19H31BCl2N2O4. The first-order valence-corrected chi connectivity index (χ1v) is 9.25. The smallest absolute Gasteiger partial charge is 0.323 e. The number of phenols is 1. The van der Waals surface area contributed by atoms with E-state index in [9.17, 15) is 15.0 Å². The minimum atomic E-state index is -1.50. The third-order valence-corrected chi connectivity index (χ3v) is 5.57. The third kappa shape index (κ3) is 6.26. The molecule has 0 aromatic heterocycles. The van der Waals surface area contributed by atoms with Crippen molar-refractivity contribution in [3.05, 3.63) is 29.3 Å². The molecule has 2 rings (SSSR count). The van der Waals surface area contributed by atoms with Crippen LogP contribution in [0.15, 0.2) is 18.2 Å². The molecule has 0 saturated heterocycles. The zero-order chi connectivity index (χ0) is 19.3. The lowest BCUT2D eigenvalue weighted by molar-refractivity contribution is -0.144. The normalized spacial score (nSPS) is 19.5. The summed E-state index contributed by atoms with van der Waals surface area (Å²) in [6.07, 6.45) is 2.52. The minimum Gasteiger partial charge on any atom is -0.508 e. The number of nitrogens with two attached hydrogens (primary N) is 1. The van der Waals surface area contributed by atoms with Gasteiger partial charge in [0.1, 0.15) is 11.3 Å². The molecule has 1 aromatic carbocycles. The van der Waals surface area contributed by atoms with Crippen molar-refractivity contribution in [2.45, 2.75) is 63.0 Å². The number of rotatable bonds is 9. The number of likely N-dealkylation sites (N-methyl/N-ethyl adjacent to an activating group) is 1. The third-order valence-electron chi connectivity index (χ3n) is 5.57. The number of hydrogen-bond donors (Lipinski definition) is 4. The number of carbonyl (C=O) groups is 1. The first-order chi connectivity index (χ1) is 12.3. The van der Waals surface area contributed by atoms with Gasteiger partial charge in [-0.25, -0.2) is 0 Å². The molecule has 158 valence electrons. The molecule has 9 heteroatoms. The van der Waals surface area contributed by atoms with Gasteiger partial charge in [-0.2, -0.15) is 0 Å². The average Bonchev–Trinajstić information content (AvgIpc) is 2.62. The molecule has 2 radical (unpaired) electrons. The first-order valence-electron chi connectivity index (χ1n) is 9.25. The van der Waals surface area contributed by atoms with Gasteiger partial charge in [-0.1, -0.05) is 19.4 Å². The quantitative estimate of drug-likeness (QED) is 0.446. The largest absolute Gasteiger partial charge is 0.508 e. The zero-order valence-corrected chi connectivity index (χ0v) is 17.8. The molecular weight excluding hydrogens is 402 g/mol. The summed E-state index contributed by atoms with van der Waals surface area (Å²) in [6.45, 7) is 3.60. The Kier molecular flexibility index (Phi) is 11.5. The van der Waals surface area contributed by atoms with E-state index in [0.29, 0.717) is 19.3 Å². The summed E-state index contributed by atoms with van der Waals surface area (Å²) >= 11 is 0. The van der Waals surface area contributed by atoms with Gasteiger partial charge in [-0.3, -0.25) is 9.69 Å². The maximum Gasteiger partial charge on any atom is 0.323 e. The molecule has 1 aliphatic heterocycles. The molecule has 3 unspecified atom stereocenters. The van der Waals surface area contributed by atoms with Crippen LogP contribution >= 0.6 is 24.8 Å². The molecule has 1 heterocycles. The Hall–Kier alpha value is -0.985. The topological polar surface area (TPSA) is 107 Å². The molecule has 1 aromatic rings. The SMILES string of the molecule is Cl.Cl.[B]C(CCCO)C(N)(CCC1Cc2ccc(O)cc2CN1CC)C(=O)O. The van der Waals surface area contributed by atoms with Crippen LogP contribution in [0, 0.1) is 0 Å². The van der Waals surface area contributed by atoms with Gasteiger partial charge in [0.05, 0.1) is 7.85 Å². The van der Waals surface area contributed by atoms with Gasteiger partial charge in [-0.05, 0) is 61.3 Å². The van der Waals surface area contributed by atoms with Crippen LogP contribution < -0.4 is 5.73 Å². The van der Waals surface area contributed by atoms with E-state index in [1.807, 2.05) is 6.07 Å². The Labute approximate surface area is 180 Å². The van der Waals surface area contributed by atoms with Crippen LogP contribution in [-0.4, -0.2) is 58.8 Å². The highest BCUT2D eigenvalue weighted by Gasteiger charge is 2.40. The van der Waals surface area contributed by atoms with Gasteiger partial charge in [-0.15, -0.1) is 24.8 Å². The van der Waals surface area contributed by atoms with Crippen molar-refractivity contribution in [2.75, 3.05) is 13.2 Å². The number of aliphatic hydroxyl groups excluding tert-OH is 1. The number of aromatic hydroxyl groups is 1. The van der Waals surface area contributed by atoms with E-state index in [2.05, 4.69) is 11.8 Å². The van der Waals surface area contributed by atoms with Gasteiger partial charge in [0.15, 0.2) is 0 Å². The number of carboxylic acids is 1. The number of aliphatic carboxylic acids is 1. The summed E-state index contributed by atoms with van der Waals surface area (Å²) in [4.78, 5) is 14.1. The molecule has 1 aliphatic rings. The fourth-order valence-electron chi connectivity index (χ4n) is 3.77. The van der Waals surface area contributed by atoms with Crippen molar-refractivity contribution >= 4 is 38.6 Å². The first kappa shape index (κ1) is 27.0. The molecule has 6 nitrogen and oxygen atoms in total. The minimum absolute atomic E-state index is 0. The molecule has 0 saturated carbocycles. The van der Waals surface area contributed by atoms with E-state index in [4.69, 9.17) is 18.7 Å². The van der Waals surface area contributed by atoms with E-state index in [1.165, 1.54) is 5.56 Å². The van der Waals surface area contributed by atoms with E-state index in [0.717, 1.165) is 25.1 Å². The van der Waals surface area contributed by atoms with E-state index in [1.54, 1.807) is 12.1 Å². The Morgan fingerprint density at radius 2 is 2.07 bits per heavy atom. The number of phenolic OH excluding ortho intramolecular Hbond substituents is 1. The fourth-order valence-corrected chi connectivity index (χ4v) is 3.77. The molecule has 0 bridgehead atoms. The van der Waals surface area contributed by atoms with Crippen molar-refractivity contribution < 1.29 is 20.1 Å². The Bertz CT molecular complexity index is 638. The molecule has 0 fully saturated rings. The van der Waals surface area contributed by atoms with E-state index >= 15 is 0 Å². The van der Waals surface area contributed by atoms with Crippen molar-refractivity contribution in [3.8, 4) is 5.75 Å². The maximum atomic E-state index is 11.8. The standard InChI is InChI=1S/C19H29BN2O4.2ClH/c1-2-22-12-14-11-16(24)6-5-13(14)10-15(22)7-8-19(21,18(25)26)17(20)4-3-9-23;;/h5-6,11,15,17,23-24H,2-4,7-10,12,21H2,1H3,(H,25,26);2*1H. The number of nitrogens with zero attached hydrogens (tertiary/aromatic N) is 1. The lowest BCUT2D eigenvalue weighted by Crippen LogP contribution is -2.53. The Morgan fingerprint density at radius 1 is 1.39 bits per heavy atom. The predicted molar refractivity (Wildman–Crippen MR) is 116 cm³/mol. The van der Waals surface area contributed by atoms with Gasteiger partial charge < -0.3 is 21.1 Å². The number of halogens is 2. The zero-order valence-electron chi connectivity index (χ0n) is 16.2. The number of fused-ring (bicyclic) bond motifs is 1. The second-order valence-electron chi connectivity index (χ2n) is 7.23. The maximum absolute atomic E-state index is 11.8. The average molecular weight is 433 g/mol. The molecule has 0 aliphatic carbocycles. The van der Waals surface area contributed by atoms with Crippen LogP contribution in [-0.2, 0) is 17.8 Å². The van der Waals surface area contributed by atoms with Crippen LogP contribution in [0.3, 0.4) is 0 Å². The van der Waals surface area contributed by atoms with Gasteiger partial charge >= 0.3 is 5.97 Å². The number of benzene rings is 1. The summed E-state index contributed by atoms with van der Waals surface area (Å²) in [7, 11) is 6.06. The highest BCUT2D eigenvalue weighted by molar-refractivity contribution is 6.15. The predicted octanol–water partition coefficient (Wildman–Crippen LogP) is 2.27. The molecule has 28 heavy (non-hydrogen) atoms. The lowest BCUT2D eigenvalue weighted by atomic mass is 9.66. The highest BCUT2D eigenvalue weighted by atomic mass is 35.5.